The summed E-state index contributed by atoms with van der Waals surface area (Å²) in [6.45, 7) is 5.76. The van der Waals surface area contributed by atoms with Crippen molar-refractivity contribution in [2.75, 3.05) is 26.4 Å². The van der Waals surface area contributed by atoms with Crippen LogP contribution in [-0.2, 0) is 22.9 Å². The lowest BCUT2D eigenvalue weighted by atomic mass is 10.0. The SMILES string of the molecule is CCCCOP(=O)(OCCCC)OCCCCO[C@H](c1ccccc1)[C@@H](Br)c1ccccc1. The minimum absolute atomic E-state index is 0.0384. The van der Waals surface area contributed by atoms with E-state index in [0.29, 0.717) is 32.8 Å². The molecule has 2 rings (SSSR count). The Morgan fingerprint density at radius 3 is 1.67 bits per heavy atom. The zero-order valence-corrected chi connectivity index (χ0v) is 22.3. The molecule has 0 amide bonds. The Morgan fingerprint density at radius 2 is 1.15 bits per heavy atom. The molecule has 0 aliphatic rings. The molecule has 0 aromatic heterocycles. The Kier molecular flexibility index (Phi) is 14.2. The lowest BCUT2D eigenvalue weighted by Crippen LogP contribution is -2.12. The summed E-state index contributed by atoms with van der Waals surface area (Å²) in [4.78, 5) is 0.0384. The molecule has 0 radical (unpaired) electrons. The zero-order valence-electron chi connectivity index (χ0n) is 19.9. The summed E-state index contributed by atoms with van der Waals surface area (Å²) in [6.07, 6.45) is 4.96. The minimum atomic E-state index is -3.50. The number of halogens is 1. The number of hydrogen-bond acceptors (Lipinski definition) is 5. The number of hydrogen-bond donors (Lipinski definition) is 0. The summed E-state index contributed by atoms with van der Waals surface area (Å²) in [5.74, 6) is 0. The fourth-order valence-corrected chi connectivity index (χ4v) is 5.19. The van der Waals surface area contributed by atoms with E-state index in [9.17, 15) is 4.57 Å². The van der Waals surface area contributed by atoms with Gasteiger partial charge in [0.15, 0.2) is 0 Å². The zero-order chi connectivity index (χ0) is 23.8. The monoisotopic (exact) mass is 540 g/mol. The first kappa shape index (κ1) is 28.2. The van der Waals surface area contributed by atoms with Gasteiger partial charge in [-0.05, 0) is 36.8 Å². The Morgan fingerprint density at radius 1 is 0.697 bits per heavy atom. The highest BCUT2D eigenvalue weighted by molar-refractivity contribution is 9.09. The number of phosphoric ester groups is 1. The second-order valence-corrected chi connectivity index (χ2v) is 10.5. The van der Waals surface area contributed by atoms with Gasteiger partial charge >= 0.3 is 7.82 Å². The van der Waals surface area contributed by atoms with E-state index in [1.165, 1.54) is 5.56 Å². The maximum absolute atomic E-state index is 12.8. The largest absolute Gasteiger partial charge is 0.474 e. The number of rotatable bonds is 18. The Balaban J connectivity index is 1.83. The molecular formula is C26H38BrO5P. The summed E-state index contributed by atoms with van der Waals surface area (Å²) < 4.78 is 35.7. The van der Waals surface area contributed by atoms with Gasteiger partial charge in [0, 0.05) is 6.61 Å². The second kappa shape index (κ2) is 16.6. The number of phosphoric acid groups is 1. The molecule has 2 aromatic rings. The van der Waals surface area contributed by atoms with E-state index in [0.717, 1.165) is 37.7 Å². The van der Waals surface area contributed by atoms with E-state index in [1.54, 1.807) is 0 Å². The van der Waals surface area contributed by atoms with Crippen LogP contribution in [0.2, 0.25) is 0 Å². The molecule has 2 atom stereocenters. The highest BCUT2D eigenvalue weighted by atomic mass is 79.9. The normalized spacial score (nSPS) is 13.7. The number of alkyl halides is 1. The molecule has 0 heterocycles. The van der Waals surface area contributed by atoms with Crippen LogP contribution >= 0.6 is 23.8 Å². The van der Waals surface area contributed by atoms with Crippen molar-refractivity contribution in [2.45, 2.75) is 63.3 Å². The first-order valence-corrected chi connectivity index (χ1v) is 14.4. The van der Waals surface area contributed by atoms with Crippen molar-refractivity contribution >= 4 is 23.8 Å². The molecule has 0 saturated heterocycles. The van der Waals surface area contributed by atoms with Crippen LogP contribution in [0.5, 0.6) is 0 Å². The summed E-state index contributed by atoms with van der Waals surface area (Å²) in [6, 6.07) is 20.5. The smallest absolute Gasteiger partial charge is 0.372 e. The molecular weight excluding hydrogens is 503 g/mol. The van der Waals surface area contributed by atoms with Gasteiger partial charge in [-0.3, -0.25) is 13.6 Å². The topological polar surface area (TPSA) is 54.0 Å². The standard InChI is InChI=1S/C26H38BrO5P/c1-3-5-20-30-33(28,31-21-6-4-2)32-22-14-13-19-29-26(24-17-11-8-12-18-24)25(27)23-15-9-7-10-16-23/h7-12,15-18,25-26H,3-6,13-14,19-22H2,1-2H3/t25-,26+/m0/s1. The van der Waals surface area contributed by atoms with Crippen LogP contribution in [0, 0.1) is 0 Å². The van der Waals surface area contributed by atoms with Gasteiger partial charge in [0.05, 0.1) is 30.8 Å². The molecule has 0 aliphatic heterocycles. The van der Waals surface area contributed by atoms with Crippen molar-refractivity contribution in [1.29, 1.82) is 0 Å². The van der Waals surface area contributed by atoms with E-state index in [4.69, 9.17) is 18.3 Å². The van der Waals surface area contributed by atoms with Crippen LogP contribution in [0.4, 0.5) is 0 Å². The van der Waals surface area contributed by atoms with Gasteiger partial charge in [-0.1, -0.05) is 103 Å². The number of ether oxygens (including phenoxy) is 1. The third-order valence-corrected chi connectivity index (χ3v) is 7.60. The fourth-order valence-electron chi connectivity index (χ4n) is 3.15. The van der Waals surface area contributed by atoms with Crippen molar-refractivity contribution in [3.63, 3.8) is 0 Å². The average Bonchev–Trinajstić information content (AvgIpc) is 2.85. The Hall–Kier alpha value is -1.01. The molecule has 0 unspecified atom stereocenters. The maximum Gasteiger partial charge on any atom is 0.474 e. The van der Waals surface area contributed by atoms with Gasteiger partial charge in [-0.2, -0.15) is 0 Å². The molecule has 5 nitrogen and oxygen atoms in total. The van der Waals surface area contributed by atoms with Crippen molar-refractivity contribution in [3.8, 4) is 0 Å². The maximum atomic E-state index is 12.8. The second-order valence-electron chi connectivity index (χ2n) is 7.88. The molecule has 0 bridgehead atoms. The van der Waals surface area contributed by atoms with Gasteiger partial charge in [0.25, 0.3) is 0 Å². The van der Waals surface area contributed by atoms with E-state index >= 15 is 0 Å². The molecule has 0 saturated carbocycles. The van der Waals surface area contributed by atoms with E-state index < -0.39 is 7.82 Å². The molecule has 33 heavy (non-hydrogen) atoms. The Bertz CT molecular complexity index is 776. The molecule has 0 aliphatic carbocycles. The number of unbranched alkanes of at least 4 members (excludes halogenated alkanes) is 3. The lowest BCUT2D eigenvalue weighted by molar-refractivity contribution is 0.0458. The van der Waals surface area contributed by atoms with Gasteiger partial charge in [0.2, 0.25) is 0 Å². The highest BCUT2D eigenvalue weighted by Gasteiger charge is 2.26. The van der Waals surface area contributed by atoms with E-state index in [1.807, 2.05) is 36.4 Å². The van der Waals surface area contributed by atoms with Crippen molar-refractivity contribution in [2.24, 2.45) is 0 Å². The third kappa shape index (κ3) is 10.9. The molecule has 7 heteroatoms. The number of benzene rings is 2. The van der Waals surface area contributed by atoms with Gasteiger partial charge in [0.1, 0.15) is 0 Å². The summed E-state index contributed by atoms with van der Waals surface area (Å²) >= 11 is 3.84. The highest BCUT2D eigenvalue weighted by Crippen LogP contribution is 2.50. The van der Waals surface area contributed by atoms with Gasteiger partial charge in [-0.15, -0.1) is 0 Å². The van der Waals surface area contributed by atoms with Crippen LogP contribution in [0.25, 0.3) is 0 Å². The van der Waals surface area contributed by atoms with Crippen LogP contribution < -0.4 is 0 Å². The first-order chi connectivity index (χ1) is 16.1. The van der Waals surface area contributed by atoms with Gasteiger partial charge in [-0.25, -0.2) is 4.57 Å². The summed E-state index contributed by atoms with van der Waals surface area (Å²) in [5.41, 5.74) is 2.29. The van der Waals surface area contributed by atoms with E-state index in [2.05, 4.69) is 54.0 Å². The van der Waals surface area contributed by atoms with Crippen LogP contribution in [0.15, 0.2) is 60.7 Å². The van der Waals surface area contributed by atoms with Crippen molar-refractivity contribution in [3.05, 3.63) is 71.8 Å². The minimum Gasteiger partial charge on any atom is -0.372 e. The molecule has 2 aromatic carbocycles. The third-order valence-electron chi connectivity index (χ3n) is 5.09. The van der Waals surface area contributed by atoms with Crippen LogP contribution in [-0.4, -0.2) is 26.4 Å². The molecule has 0 spiro atoms. The molecule has 184 valence electrons. The average molecular weight is 541 g/mol. The lowest BCUT2D eigenvalue weighted by Gasteiger charge is -2.24. The molecule has 0 N–H and O–H groups in total. The predicted octanol–water partition coefficient (Wildman–Crippen LogP) is 8.42. The quantitative estimate of drug-likeness (QED) is 0.108. The van der Waals surface area contributed by atoms with Crippen molar-refractivity contribution in [1.82, 2.24) is 0 Å². The van der Waals surface area contributed by atoms with E-state index in [-0.39, 0.29) is 10.9 Å². The first-order valence-electron chi connectivity index (χ1n) is 12.0. The van der Waals surface area contributed by atoms with Crippen LogP contribution in [0.3, 0.4) is 0 Å². The summed E-state index contributed by atoms with van der Waals surface area (Å²) in [7, 11) is -3.50. The van der Waals surface area contributed by atoms with Crippen LogP contribution in [0.1, 0.15) is 74.4 Å². The predicted molar refractivity (Wildman–Crippen MR) is 138 cm³/mol. The van der Waals surface area contributed by atoms with Gasteiger partial charge < -0.3 is 4.74 Å². The molecule has 0 fully saturated rings. The fraction of sp³-hybridized carbons (Fsp3) is 0.538. The van der Waals surface area contributed by atoms with Crippen molar-refractivity contribution < 1.29 is 22.9 Å². The summed E-state index contributed by atoms with van der Waals surface area (Å²) in [5, 5.41) is 0. The Labute approximate surface area is 207 Å².